The third-order valence-corrected chi connectivity index (χ3v) is 5.96. The first kappa shape index (κ1) is 19.5. The summed E-state index contributed by atoms with van der Waals surface area (Å²) < 4.78 is 1.13. The number of aromatic nitrogens is 3. The topological polar surface area (TPSA) is 79.8 Å². The minimum absolute atomic E-state index is 0.0515. The molecule has 0 saturated carbocycles. The highest BCUT2D eigenvalue weighted by atomic mass is 32.1. The molecule has 8 heteroatoms. The molecule has 0 spiro atoms. The number of carbonyl (C=O) groups is 1. The molecule has 0 aliphatic carbocycles. The van der Waals surface area contributed by atoms with Crippen LogP contribution in [-0.2, 0) is 0 Å². The van der Waals surface area contributed by atoms with Crippen molar-refractivity contribution < 1.29 is 4.79 Å². The van der Waals surface area contributed by atoms with Crippen LogP contribution in [0.4, 0.5) is 17.2 Å². The Hall–Kier alpha value is -2.84. The molecule has 0 bridgehead atoms. The van der Waals surface area contributed by atoms with Gasteiger partial charge in [0.25, 0.3) is 0 Å². The van der Waals surface area contributed by atoms with E-state index in [1.807, 2.05) is 36.0 Å². The second-order valence-electron chi connectivity index (χ2n) is 6.89. The number of hydrogen-bond donors (Lipinski definition) is 2. The number of Topliss-reactive ketones (excluding diaryl/α,β-unsaturated/α-hetero) is 1. The highest BCUT2D eigenvalue weighted by molar-refractivity contribution is 7.16. The van der Waals surface area contributed by atoms with Crippen molar-refractivity contribution in [2.75, 3.05) is 10.6 Å². The van der Waals surface area contributed by atoms with Gasteiger partial charge >= 0.3 is 0 Å². The third-order valence-electron chi connectivity index (χ3n) is 4.29. The van der Waals surface area contributed by atoms with Crippen LogP contribution in [0.2, 0.25) is 0 Å². The minimum atomic E-state index is 0.0515. The van der Waals surface area contributed by atoms with Gasteiger partial charge in [0.1, 0.15) is 16.5 Å². The van der Waals surface area contributed by atoms with E-state index in [0.29, 0.717) is 12.1 Å². The van der Waals surface area contributed by atoms with Gasteiger partial charge in [-0.2, -0.15) is 0 Å². The van der Waals surface area contributed by atoms with Gasteiger partial charge in [0.05, 0.1) is 21.3 Å². The molecular formula is C21H21N5OS2. The highest BCUT2D eigenvalue weighted by Crippen LogP contribution is 2.33. The first-order valence-electron chi connectivity index (χ1n) is 9.39. The number of pyridine rings is 1. The lowest BCUT2D eigenvalue weighted by atomic mass is 10.2. The lowest BCUT2D eigenvalue weighted by Crippen LogP contribution is -2.11. The van der Waals surface area contributed by atoms with Crippen molar-refractivity contribution in [1.29, 1.82) is 0 Å². The molecule has 0 unspecified atom stereocenters. The molecule has 2 N–H and O–H groups in total. The molecule has 0 aliphatic heterocycles. The molecule has 3 aromatic heterocycles. The summed E-state index contributed by atoms with van der Waals surface area (Å²) in [5, 5.41) is 9.44. The molecule has 0 saturated heterocycles. The zero-order chi connectivity index (χ0) is 20.4. The van der Waals surface area contributed by atoms with Crippen molar-refractivity contribution in [1.82, 2.24) is 15.0 Å². The van der Waals surface area contributed by atoms with E-state index in [1.54, 1.807) is 17.5 Å². The Morgan fingerprint density at radius 1 is 1.17 bits per heavy atom. The molecule has 0 radical (unpaired) electrons. The summed E-state index contributed by atoms with van der Waals surface area (Å²) in [5.41, 5.74) is 6.14. The van der Waals surface area contributed by atoms with E-state index < -0.39 is 0 Å². The SMILES string of the molecule is CCC(=O)c1csc(-c2cnc(Nc3ccc4ncsc4c3)cc2NC(C)C)n1. The molecular weight excluding hydrogens is 402 g/mol. The summed E-state index contributed by atoms with van der Waals surface area (Å²) in [6, 6.07) is 8.29. The normalized spacial score (nSPS) is 11.2. The number of nitrogens with one attached hydrogen (secondary N) is 2. The van der Waals surface area contributed by atoms with E-state index in [-0.39, 0.29) is 11.8 Å². The lowest BCUT2D eigenvalue weighted by molar-refractivity contribution is 0.0984. The van der Waals surface area contributed by atoms with Gasteiger partial charge in [0.2, 0.25) is 0 Å². The standard InChI is InChI=1S/C21H21N5OS2/c1-4-18(27)17-10-28-21(26-17)14-9-22-20(8-16(14)24-12(2)3)25-13-5-6-15-19(7-13)29-11-23-15/h5-12H,4H2,1-3H3,(H2,22,24,25). The quantitative estimate of drug-likeness (QED) is 0.356. The number of fused-ring (bicyclic) bond motifs is 1. The first-order chi connectivity index (χ1) is 14.0. The van der Waals surface area contributed by atoms with E-state index in [0.717, 1.165) is 38.0 Å². The van der Waals surface area contributed by atoms with Crippen LogP contribution in [0, 0.1) is 0 Å². The van der Waals surface area contributed by atoms with E-state index in [1.165, 1.54) is 11.3 Å². The van der Waals surface area contributed by atoms with Crippen LogP contribution in [0.1, 0.15) is 37.7 Å². The fourth-order valence-electron chi connectivity index (χ4n) is 2.91. The molecule has 0 amide bonds. The number of benzene rings is 1. The fourth-order valence-corrected chi connectivity index (χ4v) is 4.48. The Morgan fingerprint density at radius 2 is 2.03 bits per heavy atom. The Balaban J connectivity index is 1.66. The van der Waals surface area contributed by atoms with Gasteiger partial charge in [-0.05, 0) is 32.0 Å². The second kappa shape index (κ2) is 8.26. The predicted octanol–water partition coefficient (Wildman–Crippen LogP) is 5.97. The molecule has 0 aliphatic rings. The largest absolute Gasteiger partial charge is 0.382 e. The number of ketones is 1. The molecule has 148 valence electrons. The Labute approximate surface area is 177 Å². The number of thiazole rings is 2. The third kappa shape index (κ3) is 4.28. The monoisotopic (exact) mass is 423 g/mol. The number of hydrogen-bond acceptors (Lipinski definition) is 8. The van der Waals surface area contributed by atoms with Crippen molar-refractivity contribution in [3.8, 4) is 10.6 Å². The van der Waals surface area contributed by atoms with Crippen molar-refractivity contribution >= 4 is 55.9 Å². The first-order valence-corrected chi connectivity index (χ1v) is 11.2. The molecule has 3 heterocycles. The molecule has 29 heavy (non-hydrogen) atoms. The summed E-state index contributed by atoms with van der Waals surface area (Å²) in [6.45, 7) is 6.02. The van der Waals surface area contributed by atoms with Gasteiger partial charge in [0, 0.05) is 41.5 Å². The lowest BCUT2D eigenvalue weighted by Gasteiger charge is -2.15. The summed E-state index contributed by atoms with van der Waals surface area (Å²) in [4.78, 5) is 25.4. The van der Waals surface area contributed by atoms with E-state index >= 15 is 0 Å². The van der Waals surface area contributed by atoms with Gasteiger partial charge in [-0.1, -0.05) is 6.92 Å². The van der Waals surface area contributed by atoms with Crippen LogP contribution in [0.5, 0.6) is 0 Å². The molecule has 4 aromatic rings. The summed E-state index contributed by atoms with van der Waals surface area (Å²) in [7, 11) is 0. The Morgan fingerprint density at radius 3 is 2.83 bits per heavy atom. The molecule has 4 rings (SSSR count). The Kier molecular flexibility index (Phi) is 5.55. The van der Waals surface area contributed by atoms with Crippen LogP contribution in [0.3, 0.4) is 0 Å². The smallest absolute Gasteiger partial charge is 0.181 e. The average Bonchev–Trinajstić information content (AvgIpc) is 3.36. The highest BCUT2D eigenvalue weighted by Gasteiger charge is 2.15. The summed E-state index contributed by atoms with van der Waals surface area (Å²) in [5.74, 6) is 0.790. The van der Waals surface area contributed by atoms with Crippen molar-refractivity contribution in [2.45, 2.75) is 33.2 Å². The maximum atomic E-state index is 12.0. The second-order valence-corrected chi connectivity index (χ2v) is 8.63. The van der Waals surface area contributed by atoms with Gasteiger partial charge in [0.15, 0.2) is 5.78 Å². The average molecular weight is 424 g/mol. The minimum Gasteiger partial charge on any atom is -0.382 e. The van der Waals surface area contributed by atoms with E-state index in [9.17, 15) is 4.79 Å². The molecule has 0 fully saturated rings. The zero-order valence-electron chi connectivity index (χ0n) is 16.4. The number of carbonyl (C=O) groups excluding carboxylic acids is 1. The molecule has 6 nitrogen and oxygen atoms in total. The van der Waals surface area contributed by atoms with Crippen molar-refractivity contribution in [3.05, 3.63) is 47.0 Å². The number of rotatable bonds is 7. The van der Waals surface area contributed by atoms with Crippen LogP contribution in [0.15, 0.2) is 41.4 Å². The number of anilines is 3. The molecule has 0 atom stereocenters. The Bertz CT molecular complexity index is 1160. The van der Waals surface area contributed by atoms with Gasteiger partial charge in [-0.3, -0.25) is 4.79 Å². The summed E-state index contributed by atoms with van der Waals surface area (Å²) >= 11 is 3.07. The summed E-state index contributed by atoms with van der Waals surface area (Å²) in [6.07, 6.45) is 2.25. The van der Waals surface area contributed by atoms with E-state index in [2.05, 4.69) is 45.5 Å². The van der Waals surface area contributed by atoms with E-state index in [4.69, 9.17) is 0 Å². The van der Waals surface area contributed by atoms with Gasteiger partial charge in [-0.25, -0.2) is 15.0 Å². The van der Waals surface area contributed by atoms with Crippen LogP contribution in [-0.4, -0.2) is 26.8 Å². The van der Waals surface area contributed by atoms with Crippen LogP contribution in [0.25, 0.3) is 20.8 Å². The van der Waals surface area contributed by atoms with Crippen molar-refractivity contribution in [2.24, 2.45) is 0 Å². The number of nitrogens with zero attached hydrogens (tertiary/aromatic N) is 3. The van der Waals surface area contributed by atoms with Crippen molar-refractivity contribution in [3.63, 3.8) is 0 Å². The zero-order valence-corrected chi connectivity index (χ0v) is 18.0. The van der Waals surface area contributed by atoms with Crippen LogP contribution >= 0.6 is 22.7 Å². The molecule has 1 aromatic carbocycles. The van der Waals surface area contributed by atoms with Gasteiger partial charge in [-0.15, -0.1) is 22.7 Å². The maximum absolute atomic E-state index is 12.0. The van der Waals surface area contributed by atoms with Crippen LogP contribution < -0.4 is 10.6 Å². The maximum Gasteiger partial charge on any atom is 0.181 e. The predicted molar refractivity (Wildman–Crippen MR) is 122 cm³/mol. The van der Waals surface area contributed by atoms with Gasteiger partial charge < -0.3 is 10.6 Å². The fraction of sp³-hybridized carbons (Fsp3) is 0.238.